The van der Waals surface area contributed by atoms with Gasteiger partial charge in [0.15, 0.2) is 0 Å². The molecule has 17 heavy (non-hydrogen) atoms. The summed E-state index contributed by atoms with van der Waals surface area (Å²) in [4.78, 5) is 24.2. The van der Waals surface area contributed by atoms with E-state index in [2.05, 4.69) is 5.32 Å². The van der Waals surface area contributed by atoms with Crippen LogP contribution in [0.2, 0.25) is 10.0 Å². The number of hydrogen-bond acceptors (Lipinski definition) is 2. The molecule has 0 radical (unpaired) electrons. The van der Waals surface area contributed by atoms with Crippen LogP contribution < -0.4 is 5.32 Å². The molecule has 2 rings (SSSR count). The molecule has 90 valence electrons. The molecule has 0 aromatic heterocycles. The zero-order valence-corrected chi connectivity index (χ0v) is 10.4. The van der Waals surface area contributed by atoms with Crippen molar-refractivity contribution in [3.8, 4) is 0 Å². The molecule has 1 aromatic rings. The predicted molar refractivity (Wildman–Crippen MR) is 64.9 cm³/mol. The van der Waals surface area contributed by atoms with Crippen molar-refractivity contribution >= 4 is 35.0 Å². The van der Waals surface area contributed by atoms with E-state index in [9.17, 15) is 9.59 Å². The molecule has 6 heteroatoms. The first-order valence-electron chi connectivity index (χ1n) is 5.04. The van der Waals surface area contributed by atoms with E-state index in [0.717, 1.165) is 5.56 Å². The molecule has 0 spiro atoms. The number of nitrogens with zero attached hydrogens (tertiary/aromatic N) is 1. The Kier molecular flexibility index (Phi) is 3.54. The van der Waals surface area contributed by atoms with E-state index in [4.69, 9.17) is 23.2 Å². The van der Waals surface area contributed by atoms with Crippen molar-refractivity contribution < 1.29 is 9.59 Å². The van der Waals surface area contributed by atoms with Crippen LogP contribution in [0.5, 0.6) is 0 Å². The van der Waals surface area contributed by atoms with E-state index in [1.807, 2.05) is 0 Å². The monoisotopic (exact) mass is 272 g/mol. The number of amides is 2. The maximum atomic E-state index is 11.6. The fourth-order valence-electron chi connectivity index (χ4n) is 1.60. The zero-order chi connectivity index (χ0) is 12.4. The summed E-state index contributed by atoms with van der Waals surface area (Å²) >= 11 is 11.8. The molecule has 1 saturated heterocycles. The Labute approximate surface area is 108 Å². The lowest BCUT2D eigenvalue weighted by Gasteiger charge is -2.26. The number of carbonyl (C=O) groups is 2. The highest BCUT2D eigenvalue weighted by Gasteiger charge is 2.23. The number of benzene rings is 1. The first kappa shape index (κ1) is 12.2. The third kappa shape index (κ3) is 2.90. The first-order chi connectivity index (χ1) is 8.06. The van der Waals surface area contributed by atoms with Gasteiger partial charge in [-0.2, -0.15) is 0 Å². The van der Waals surface area contributed by atoms with Gasteiger partial charge in [0, 0.05) is 16.6 Å². The van der Waals surface area contributed by atoms with Crippen molar-refractivity contribution in [3.63, 3.8) is 0 Å². The molecule has 0 aliphatic carbocycles. The van der Waals surface area contributed by atoms with E-state index >= 15 is 0 Å². The van der Waals surface area contributed by atoms with Gasteiger partial charge in [0.05, 0.1) is 13.1 Å². The minimum Gasteiger partial charge on any atom is -0.345 e. The fraction of sp³-hybridized carbons (Fsp3) is 0.273. The van der Waals surface area contributed by atoms with Gasteiger partial charge in [-0.15, -0.1) is 0 Å². The zero-order valence-electron chi connectivity index (χ0n) is 8.87. The molecular weight excluding hydrogens is 263 g/mol. The Bertz CT molecular complexity index is 477. The predicted octanol–water partition coefficient (Wildman–Crippen LogP) is 1.45. The van der Waals surface area contributed by atoms with Gasteiger partial charge in [0.2, 0.25) is 11.8 Å². The van der Waals surface area contributed by atoms with Crippen molar-refractivity contribution in [1.82, 2.24) is 10.2 Å². The highest BCUT2D eigenvalue weighted by Crippen LogP contribution is 2.22. The molecule has 0 unspecified atom stereocenters. The van der Waals surface area contributed by atoms with Crippen LogP contribution in [-0.4, -0.2) is 29.8 Å². The molecule has 4 nitrogen and oxygen atoms in total. The third-order valence-electron chi connectivity index (χ3n) is 2.50. The largest absolute Gasteiger partial charge is 0.345 e. The molecule has 1 N–H and O–H groups in total. The lowest BCUT2D eigenvalue weighted by molar-refractivity contribution is -0.141. The number of nitrogens with one attached hydrogen (secondary N) is 1. The van der Waals surface area contributed by atoms with E-state index in [1.165, 1.54) is 4.90 Å². The summed E-state index contributed by atoms with van der Waals surface area (Å²) in [6.07, 6.45) is 0. The molecular formula is C11H10Cl2N2O2. The quantitative estimate of drug-likeness (QED) is 0.886. The van der Waals surface area contributed by atoms with Crippen LogP contribution in [0.15, 0.2) is 18.2 Å². The van der Waals surface area contributed by atoms with Gasteiger partial charge in [0.1, 0.15) is 0 Å². The van der Waals surface area contributed by atoms with E-state index < -0.39 is 0 Å². The highest BCUT2D eigenvalue weighted by molar-refractivity contribution is 6.35. The molecule has 2 amide bonds. The van der Waals surface area contributed by atoms with Gasteiger partial charge in [0.25, 0.3) is 0 Å². The Morgan fingerprint density at radius 2 is 2.06 bits per heavy atom. The maximum absolute atomic E-state index is 11.6. The Morgan fingerprint density at radius 3 is 2.76 bits per heavy atom. The van der Waals surface area contributed by atoms with Gasteiger partial charge in [-0.05, 0) is 17.7 Å². The van der Waals surface area contributed by atoms with Crippen molar-refractivity contribution in [3.05, 3.63) is 33.8 Å². The lowest BCUT2D eigenvalue weighted by atomic mass is 10.2. The average molecular weight is 273 g/mol. The molecule has 1 aromatic carbocycles. The van der Waals surface area contributed by atoms with Crippen LogP contribution in [-0.2, 0) is 16.1 Å². The highest BCUT2D eigenvalue weighted by atomic mass is 35.5. The summed E-state index contributed by atoms with van der Waals surface area (Å²) in [6, 6.07) is 5.08. The van der Waals surface area contributed by atoms with Gasteiger partial charge in [-0.25, -0.2) is 0 Å². The standard InChI is InChI=1S/C11H10Cl2N2O2/c12-8-2-1-7(9(13)3-8)5-15-6-10(16)14-4-11(15)17/h1-3H,4-6H2,(H,14,16). The van der Waals surface area contributed by atoms with E-state index in [1.54, 1.807) is 18.2 Å². The smallest absolute Gasteiger partial charge is 0.242 e. The number of piperazine rings is 1. The van der Waals surface area contributed by atoms with Crippen molar-refractivity contribution in [2.24, 2.45) is 0 Å². The lowest BCUT2D eigenvalue weighted by Crippen LogP contribution is -2.51. The number of carbonyl (C=O) groups excluding carboxylic acids is 2. The summed E-state index contributed by atoms with van der Waals surface area (Å²) in [5.41, 5.74) is 0.777. The van der Waals surface area contributed by atoms with Crippen molar-refractivity contribution in [1.29, 1.82) is 0 Å². The van der Waals surface area contributed by atoms with E-state index in [0.29, 0.717) is 16.6 Å². The molecule has 0 saturated carbocycles. The number of halogens is 2. The topological polar surface area (TPSA) is 49.4 Å². The van der Waals surface area contributed by atoms with Gasteiger partial charge in [-0.3, -0.25) is 9.59 Å². The second kappa shape index (κ2) is 4.94. The van der Waals surface area contributed by atoms with Crippen molar-refractivity contribution in [2.45, 2.75) is 6.54 Å². The van der Waals surface area contributed by atoms with Crippen LogP contribution >= 0.6 is 23.2 Å². The average Bonchev–Trinajstić information content (AvgIpc) is 2.27. The molecule has 0 bridgehead atoms. The molecule has 1 aliphatic rings. The van der Waals surface area contributed by atoms with Gasteiger partial charge in [-0.1, -0.05) is 29.3 Å². The Balaban J connectivity index is 2.14. The van der Waals surface area contributed by atoms with Gasteiger partial charge < -0.3 is 10.2 Å². The van der Waals surface area contributed by atoms with Crippen LogP contribution in [0.1, 0.15) is 5.56 Å². The molecule has 1 heterocycles. The normalized spacial score (nSPS) is 16.0. The molecule has 0 atom stereocenters. The van der Waals surface area contributed by atoms with Crippen LogP contribution in [0.4, 0.5) is 0 Å². The van der Waals surface area contributed by atoms with Gasteiger partial charge >= 0.3 is 0 Å². The minimum atomic E-state index is -0.158. The Hall–Kier alpha value is -1.26. The Morgan fingerprint density at radius 1 is 1.29 bits per heavy atom. The third-order valence-corrected chi connectivity index (χ3v) is 3.09. The molecule has 1 aliphatic heterocycles. The summed E-state index contributed by atoms with van der Waals surface area (Å²) in [6.45, 7) is 0.435. The number of hydrogen-bond donors (Lipinski definition) is 1. The second-order valence-electron chi connectivity index (χ2n) is 3.76. The fourth-order valence-corrected chi connectivity index (χ4v) is 2.07. The number of rotatable bonds is 2. The maximum Gasteiger partial charge on any atom is 0.242 e. The molecule has 1 fully saturated rings. The van der Waals surface area contributed by atoms with Crippen LogP contribution in [0.3, 0.4) is 0 Å². The summed E-state index contributed by atoms with van der Waals surface area (Å²) < 4.78 is 0. The summed E-state index contributed by atoms with van der Waals surface area (Å²) in [5.74, 6) is -0.273. The van der Waals surface area contributed by atoms with Crippen molar-refractivity contribution in [2.75, 3.05) is 13.1 Å². The first-order valence-corrected chi connectivity index (χ1v) is 5.80. The SMILES string of the molecule is O=C1CN(Cc2ccc(Cl)cc2Cl)C(=O)CN1. The summed E-state index contributed by atoms with van der Waals surface area (Å²) in [7, 11) is 0. The second-order valence-corrected chi connectivity index (χ2v) is 4.61. The van der Waals surface area contributed by atoms with E-state index in [-0.39, 0.29) is 24.9 Å². The minimum absolute atomic E-state index is 0.0457. The van der Waals surface area contributed by atoms with Crippen LogP contribution in [0, 0.1) is 0 Å². The van der Waals surface area contributed by atoms with Crippen LogP contribution in [0.25, 0.3) is 0 Å². The summed E-state index contributed by atoms with van der Waals surface area (Å²) in [5, 5.41) is 3.53.